The molecule has 0 fully saturated rings. The third kappa shape index (κ3) is 10.4. The molecule has 0 aliphatic carbocycles. The van der Waals surface area contributed by atoms with E-state index in [2.05, 4.69) is 0 Å². The normalized spacial score (nSPS) is 18.5. The second-order valence-corrected chi connectivity index (χ2v) is 8.83. The smallest absolute Gasteiger partial charge is 0.463 e. The summed E-state index contributed by atoms with van der Waals surface area (Å²) in [6.07, 6.45) is 1.11. The molecule has 0 aliphatic rings. The van der Waals surface area contributed by atoms with E-state index in [1.807, 2.05) is 35.0 Å². The number of quaternary nitrogens is 1. The minimum atomic E-state index is -4.13. The number of phosphoric acid groups is 1. The first-order chi connectivity index (χ1) is 10.8. The van der Waals surface area contributed by atoms with Gasteiger partial charge in [0.1, 0.15) is 19.8 Å². The first kappa shape index (κ1) is 23.5. The molecule has 8 nitrogen and oxygen atoms in total. The number of hydrogen-bond acceptors (Lipinski definition) is 6. The average molecular weight is 369 g/mol. The largest absolute Gasteiger partial charge is 0.472 e. The van der Waals surface area contributed by atoms with E-state index in [1.165, 1.54) is 0 Å². The monoisotopic (exact) mass is 369 g/mol. The molecular weight excluding hydrogens is 335 g/mol. The van der Waals surface area contributed by atoms with E-state index in [0.717, 1.165) is 0 Å². The Morgan fingerprint density at radius 3 is 2.25 bits per heavy atom. The maximum absolute atomic E-state index is 12.1. The lowest BCUT2D eigenvalue weighted by atomic mass is 9.81. The molecule has 0 aliphatic heterocycles. The molecule has 24 heavy (non-hydrogen) atoms. The molecule has 3 N–H and O–H groups in total. The van der Waals surface area contributed by atoms with E-state index in [0.29, 0.717) is 23.9 Å². The van der Waals surface area contributed by atoms with Gasteiger partial charge in [0, 0.05) is 6.04 Å². The van der Waals surface area contributed by atoms with Crippen molar-refractivity contribution in [2.75, 3.05) is 47.5 Å². The highest BCUT2D eigenvalue weighted by atomic mass is 31.2. The zero-order chi connectivity index (χ0) is 19.0. The number of carbonyl (C=O) groups is 1. The van der Waals surface area contributed by atoms with Crippen LogP contribution in [0.15, 0.2) is 0 Å². The Kier molecular flexibility index (Phi) is 9.64. The Morgan fingerprint density at radius 1 is 1.25 bits per heavy atom. The van der Waals surface area contributed by atoms with Gasteiger partial charge in [-0.05, 0) is 26.7 Å². The molecule has 0 saturated carbocycles. The lowest BCUT2D eigenvalue weighted by Gasteiger charge is -2.27. The van der Waals surface area contributed by atoms with Crippen LogP contribution < -0.4 is 5.73 Å². The molecule has 0 aromatic rings. The molecular formula is C15H34N2O6P+. The SMILES string of the molecule is CCC(C)(CC(C)N)C(=O)OCCOP(=O)(O)OCC[N+](C)(C)C. The molecule has 9 heteroatoms. The first-order valence-electron chi connectivity index (χ1n) is 8.16. The van der Waals surface area contributed by atoms with Crippen molar-refractivity contribution in [1.29, 1.82) is 0 Å². The van der Waals surface area contributed by atoms with Gasteiger partial charge in [0.05, 0.1) is 33.2 Å². The predicted molar refractivity (Wildman–Crippen MR) is 92.3 cm³/mol. The van der Waals surface area contributed by atoms with Crippen LogP contribution in [0.4, 0.5) is 0 Å². The summed E-state index contributed by atoms with van der Waals surface area (Å²) in [5, 5.41) is 0. The summed E-state index contributed by atoms with van der Waals surface area (Å²) in [5.74, 6) is -0.385. The van der Waals surface area contributed by atoms with Gasteiger partial charge in [-0.3, -0.25) is 13.8 Å². The number of esters is 1. The van der Waals surface area contributed by atoms with Crippen molar-refractivity contribution in [2.45, 2.75) is 39.7 Å². The number of rotatable bonds is 12. The van der Waals surface area contributed by atoms with E-state index in [4.69, 9.17) is 19.5 Å². The highest BCUT2D eigenvalue weighted by Gasteiger charge is 2.34. The van der Waals surface area contributed by atoms with Gasteiger partial charge in [0.2, 0.25) is 0 Å². The molecule has 0 saturated heterocycles. The number of hydrogen-bond donors (Lipinski definition) is 2. The van der Waals surface area contributed by atoms with Crippen molar-refractivity contribution in [3.63, 3.8) is 0 Å². The molecule has 3 atom stereocenters. The van der Waals surface area contributed by atoms with Crippen molar-refractivity contribution in [3.8, 4) is 0 Å². The second kappa shape index (κ2) is 9.85. The van der Waals surface area contributed by atoms with Crippen LogP contribution in [0.5, 0.6) is 0 Å². The van der Waals surface area contributed by atoms with E-state index in [-0.39, 0.29) is 31.8 Å². The Morgan fingerprint density at radius 2 is 1.79 bits per heavy atom. The molecule has 0 bridgehead atoms. The Bertz CT molecular complexity index is 438. The lowest BCUT2D eigenvalue weighted by Crippen LogP contribution is -2.37. The maximum atomic E-state index is 12.1. The van der Waals surface area contributed by atoms with Crippen LogP contribution in [0.3, 0.4) is 0 Å². The number of nitrogens with zero attached hydrogens (tertiary/aromatic N) is 1. The summed E-state index contributed by atoms with van der Waals surface area (Å²) in [5.41, 5.74) is 5.09. The summed E-state index contributed by atoms with van der Waals surface area (Å²) in [6.45, 7) is 5.86. The fraction of sp³-hybridized carbons (Fsp3) is 0.933. The van der Waals surface area contributed by atoms with Gasteiger partial charge in [-0.25, -0.2) is 4.57 Å². The fourth-order valence-corrected chi connectivity index (χ4v) is 2.70. The van der Waals surface area contributed by atoms with E-state index >= 15 is 0 Å². The lowest BCUT2D eigenvalue weighted by molar-refractivity contribution is -0.870. The van der Waals surface area contributed by atoms with Crippen LogP contribution >= 0.6 is 7.82 Å². The quantitative estimate of drug-likeness (QED) is 0.232. The molecule has 3 unspecified atom stereocenters. The minimum absolute atomic E-state index is 0.0966. The highest BCUT2D eigenvalue weighted by Crippen LogP contribution is 2.42. The van der Waals surface area contributed by atoms with Gasteiger partial charge in [-0.1, -0.05) is 6.92 Å². The topological polar surface area (TPSA) is 108 Å². The van der Waals surface area contributed by atoms with Crippen LogP contribution in [0.25, 0.3) is 0 Å². The van der Waals surface area contributed by atoms with E-state index in [1.54, 1.807) is 6.92 Å². The van der Waals surface area contributed by atoms with Crippen LogP contribution in [0.2, 0.25) is 0 Å². The van der Waals surface area contributed by atoms with Gasteiger partial charge in [-0.2, -0.15) is 0 Å². The average Bonchev–Trinajstić information content (AvgIpc) is 2.40. The summed E-state index contributed by atoms with van der Waals surface area (Å²) >= 11 is 0. The molecule has 0 radical (unpaired) electrons. The van der Waals surface area contributed by atoms with Crippen molar-refractivity contribution in [2.24, 2.45) is 11.1 Å². The second-order valence-electron chi connectivity index (χ2n) is 7.38. The van der Waals surface area contributed by atoms with Gasteiger partial charge in [0.15, 0.2) is 0 Å². The molecule has 0 rings (SSSR count). The third-order valence-electron chi connectivity index (χ3n) is 3.63. The van der Waals surface area contributed by atoms with Crippen molar-refractivity contribution in [3.05, 3.63) is 0 Å². The van der Waals surface area contributed by atoms with Gasteiger partial charge in [-0.15, -0.1) is 0 Å². The summed E-state index contributed by atoms with van der Waals surface area (Å²) in [4.78, 5) is 21.7. The summed E-state index contributed by atoms with van der Waals surface area (Å²) < 4.78 is 27.1. The molecule has 0 amide bonds. The number of phosphoric ester groups is 1. The fourth-order valence-electron chi connectivity index (χ4n) is 2.01. The van der Waals surface area contributed by atoms with E-state index < -0.39 is 13.2 Å². The zero-order valence-electron chi connectivity index (χ0n) is 15.8. The number of ether oxygens (including phenoxy) is 1. The molecule has 0 spiro atoms. The Labute approximate surface area is 145 Å². The van der Waals surface area contributed by atoms with Crippen LogP contribution in [-0.2, 0) is 23.1 Å². The van der Waals surface area contributed by atoms with Crippen LogP contribution in [0, 0.1) is 5.41 Å². The molecule has 0 heterocycles. The first-order valence-corrected chi connectivity index (χ1v) is 9.66. The zero-order valence-corrected chi connectivity index (χ0v) is 16.7. The van der Waals surface area contributed by atoms with Crippen molar-refractivity contribution >= 4 is 13.8 Å². The number of carbonyl (C=O) groups excluding carboxylic acids is 1. The molecule has 0 aromatic heterocycles. The van der Waals surface area contributed by atoms with Crippen LogP contribution in [-0.4, -0.2) is 68.9 Å². The molecule has 0 aromatic carbocycles. The van der Waals surface area contributed by atoms with Gasteiger partial charge >= 0.3 is 13.8 Å². The Balaban J connectivity index is 4.18. The van der Waals surface area contributed by atoms with Crippen molar-refractivity contribution < 1.29 is 32.5 Å². The standard InChI is InChI=1S/C15H33N2O6P/c1-7-15(3,12-13(2)16)14(18)21-10-11-23-24(19,20)22-9-8-17(4,5)6/h13H,7-12,16H2,1-6H3/p+1. The summed E-state index contributed by atoms with van der Waals surface area (Å²) in [7, 11) is 1.70. The minimum Gasteiger partial charge on any atom is -0.463 e. The number of likely N-dealkylation sites (N-methyl/N-ethyl adjacent to an activating group) is 1. The predicted octanol–water partition coefficient (Wildman–Crippen LogP) is 1.52. The van der Waals surface area contributed by atoms with Crippen molar-refractivity contribution in [1.82, 2.24) is 0 Å². The van der Waals surface area contributed by atoms with Crippen LogP contribution in [0.1, 0.15) is 33.6 Å². The third-order valence-corrected chi connectivity index (χ3v) is 4.65. The number of nitrogens with two attached hydrogens (primary N) is 1. The summed E-state index contributed by atoms with van der Waals surface area (Å²) in [6, 6.07) is -0.119. The van der Waals surface area contributed by atoms with Gasteiger partial charge in [0.25, 0.3) is 0 Å². The Hall–Kier alpha value is -0.500. The maximum Gasteiger partial charge on any atom is 0.472 e. The highest BCUT2D eigenvalue weighted by molar-refractivity contribution is 7.47. The van der Waals surface area contributed by atoms with Gasteiger partial charge < -0.3 is 19.8 Å². The molecule has 144 valence electrons. The van der Waals surface area contributed by atoms with E-state index in [9.17, 15) is 14.3 Å².